The van der Waals surface area contributed by atoms with E-state index >= 15 is 0 Å². The number of nitrogens with one attached hydrogen (secondary N) is 2. The largest absolute Gasteiger partial charge is 0.493 e. The Hall–Kier alpha value is -3.69. The topological polar surface area (TPSA) is 85.9 Å². The quantitative estimate of drug-likeness (QED) is 0.678. The minimum absolute atomic E-state index is 0.0115. The molecule has 0 unspecified atom stereocenters. The maximum absolute atomic E-state index is 12.2. The fourth-order valence-corrected chi connectivity index (χ4v) is 2.77. The Labute approximate surface area is 175 Å². The molecule has 2 N–H and O–H groups in total. The van der Waals surface area contributed by atoms with Gasteiger partial charge in [0.2, 0.25) is 11.7 Å². The van der Waals surface area contributed by atoms with Crippen LogP contribution >= 0.6 is 0 Å². The molecule has 1 aliphatic heterocycles. The summed E-state index contributed by atoms with van der Waals surface area (Å²) in [6.07, 6.45) is -1.71. The minimum Gasteiger partial charge on any atom is -0.493 e. The molecule has 2 aromatic rings. The molecule has 2 aromatic carbocycles. The number of alkyl halides is 3. The van der Waals surface area contributed by atoms with Gasteiger partial charge in [0.1, 0.15) is 19.8 Å². The van der Waals surface area contributed by atoms with Crippen LogP contribution in [0.1, 0.15) is 15.9 Å². The number of methoxy groups -OCH3 is 1. The first-order valence-electron chi connectivity index (χ1n) is 9.17. The SMILES string of the molecule is COc1cc(/C=C/C(=O)Nc2cccc(C(=O)NCC(F)(F)F)c2)cc2c1OCCO2. The Bertz CT molecular complexity index is 988. The molecule has 0 atom stereocenters. The highest BCUT2D eigenvalue weighted by Crippen LogP contribution is 2.40. The predicted molar refractivity (Wildman–Crippen MR) is 106 cm³/mol. The lowest BCUT2D eigenvalue weighted by Gasteiger charge is -2.20. The number of carbonyl (C=O) groups excluding carboxylic acids is 2. The second kappa shape index (κ2) is 9.41. The molecule has 0 spiro atoms. The van der Waals surface area contributed by atoms with E-state index in [4.69, 9.17) is 14.2 Å². The van der Waals surface area contributed by atoms with Gasteiger partial charge in [-0.05, 0) is 42.0 Å². The predicted octanol–water partition coefficient (Wildman–Crippen LogP) is 3.41. The molecule has 0 aromatic heterocycles. The van der Waals surface area contributed by atoms with Crippen molar-refractivity contribution in [2.75, 3.05) is 32.2 Å². The van der Waals surface area contributed by atoms with Gasteiger partial charge in [0, 0.05) is 17.3 Å². The van der Waals surface area contributed by atoms with Crippen LogP contribution in [0.2, 0.25) is 0 Å². The Morgan fingerprint density at radius 1 is 1.16 bits per heavy atom. The Balaban J connectivity index is 1.66. The molecular weight excluding hydrogens is 417 g/mol. The van der Waals surface area contributed by atoms with Crippen molar-refractivity contribution in [3.8, 4) is 17.2 Å². The van der Waals surface area contributed by atoms with E-state index in [2.05, 4.69) is 5.32 Å². The summed E-state index contributed by atoms with van der Waals surface area (Å²) in [5.41, 5.74) is 0.883. The summed E-state index contributed by atoms with van der Waals surface area (Å²) in [6, 6.07) is 8.98. The van der Waals surface area contributed by atoms with Gasteiger partial charge in [0.05, 0.1) is 7.11 Å². The van der Waals surface area contributed by atoms with Gasteiger partial charge in [-0.3, -0.25) is 9.59 Å². The summed E-state index contributed by atoms with van der Waals surface area (Å²) in [6.45, 7) is -0.630. The van der Waals surface area contributed by atoms with E-state index in [1.165, 1.54) is 43.5 Å². The number of anilines is 1. The van der Waals surface area contributed by atoms with E-state index in [0.29, 0.717) is 36.0 Å². The Morgan fingerprint density at radius 3 is 2.68 bits per heavy atom. The fourth-order valence-electron chi connectivity index (χ4n) is 2.77. The number of benzene rings is 2. The van der Waals surface area contributed by atoms with Crippen molar-refractivity contribution < 1.29 is 37.0 Å². The lowest BCUT2D eigenvalue weighted by molar-refractivity contribution is -0.123. The zero-order valence-electron chi connectivity index (χ0n) is 16.4. The average Bonchev–Trinajstić information content (AvgIpc) is 2.75. The van der Waals surface area contributed by atoms with Gasteiger partial charge in [-0.15, -0.1) is 0 Å². The zero-order valence-corrected chi connectivity index (χ0v) is 16.4. The average molecular weight is 436 g/mol. The van der Waals surface area contributed by atoms with Crippen LogP contribution in [0.25, 0.3) is 6.08 Å². The van der Waals surface area contributed by atoms with E-state index in [1.54, 1.807) is 17.4 Å². The summed E-state index contributed by atoms with van der Waals surface area (Å²) >= 11 is 0. The van der Waals surface area contributed by atoms with Crippen molar-refractivity contribution in [2.45, 2.75) is 6.18 Å². The van der Waals surface area contributed by atoms with Crippen LogP contribution in [-0.2, 0) is 4.79 Å². The second-order valence-corrected chi connectivity index (χ2v) is 6.45. The van der Waals surface area contributed by atoms with E-state index in [9.17, 15) is 22.8 Å². The van der Waals surface area contributed by atoms with Crippen LogP contribution in [-0.4, -0.2) is 44.9 Å². The summed E-state index contributed by atoms with van der Waals surface area (Å²) in [4.78, 5) is 24.1. The molecule has 3 rings (SSSR count). The van der Waals surface area contributed by atoms with Gasteiger partial charge in [0.15, 0.2) is 11.5 Å². The molecule has 31 heavy (non-hydrogen) atoms. The van der Waals surface area contributed by atoms with Gasteiger partial charge < -0.3 is 24.8 Å². The Morgan fingerprint density at radius 2 is 1.94 bits per heavy atom. The highest BCUT2D eigenvalue weighted by atomic mass is 19.4. The van der Waals surface area contributed by atoms with Gasteiger partial charge in [-0.2, -0.15) is 13.2 Å². The normalized spacial score (nSPS) is 13.0. The highest BCUT2D eigenvalue weighted by molar-refractivity contribution is 6.03. The minimum atomic E-state index is -4.51. The third kappa shape index (κ3) is 6.14. The van der Waals surface area contributed by atoms with Crippen molar-refractivity contribution in [3.05, 3.63) is 53.6 Å². The molecular formula is C21H19F3N2O5. The monoisotopic (exact) mass is 436 g/mol. The van der Waals surface area contributed by atoms with Crippen LogP contribution in [0.3, 0.4) is 0 Å². The molecule has 2 amide bonds. The number of rotatable bonds is 6. The number of fused-ring (bicyclic) bond motifs is 1. The number of hydrogen-bond donors (Lipinski definition) is 2. The third-order valence-corrected chi connectivity index (χ3v) is 4.12. The fraction of sp³-hybridized carbons (Fsp3) is 0.238. The third-order valence-electron chi connectivity index (χ3n) is 4.12. The van der Waals surface area contributed by atoms with E-state index in [0.717, 1.165) is 0 Å². The molecule has 0 saturated heterocycles. The summed E-state index contributed by atoms with van der Waals surface area (Å²) < 4.78 is 53.1. The van der Waals surface area contributed by atoms with Gasteiger partial charge in [-0.1, -0.05) is 6.07 Å². The van der Waals surface area contributed by atoms with Gasteiger partial charge in [-0.25, -0.2) is 0 Å². The maximum Gasteiger partial charge on any atom is 0.405 e. The molecule has 0 bridgehead atoms. The standard InChI is InChI=1S/C21H19F3N2O5/c1-29-16-9-13(10-17-19(16)31-8-7-30-17)5-6-18(27)26-15-4-2-3-14(11-15)20(28)25-12-21(22,23)24/h2-6,9-11H,7-8,12H2,1H3,(H,25,28)(H,26,27)/b6-5+. The number of ether oxygens (including phenoxy) is 3. The van der Waals surface area contributed by atoms with Crippen molar-refractivity contribution >= 4 is 23.6 Å². The van der Waals surface area contributed by atoms with Crippen LogP contribution in [0, 0.1) is 0 Å². The number of carbonyl (C=O) groups is 2. The molecule has 164 valence electrons. The first kappa shape index (κ1) is 22.0. The second-order valence-electron chi connectivity index (χ2n) is 6.45. The van der Waals surface area contributed by atoms with Crippen LogP contribution in [0.5, 0.6) is 17.2 Å². The molecule has 0 radical (unpaired) electrons. The molecule has 7 nitrogen and oxygen atoms in total. The van der Waals surface area contributed by atoms with Crippen molar-refractivity contribution in [3.63, 3.8) is 0 Å². The Kier molecular flexibility index (Phi) is 6.68. The molecule has 0 saturated carbocycles. The molecule has 10 heteroatoms. The van der Waals surface area contributed by atoms with E-state index < -0.39 is 24.5 Å². The lowest BCUT2D eigenvalue weighted by atomic mass is 10.1. The van der Waals surface area contributed by atoms with E-state index in [1.807, 2.05) is 0 Å². The van der Waals surface area contributed by atoms with Crippen LogP contribution in [0.15, 0.2) is 42.5 Å². The first-order chi connectivity index (χ1) is 14.7. The van der Waals surface area contributed by atoms with Crippen LogP contribution < -0.4 is 24.8 Å². The van der Waals surface area contributed by atoms with Gasteiger partial charge in [0.25, 0.3) is 5.91 Å². The number of amides is 2. The number of hydrogen-bond acceptors (Lipinski definition) is 5. The summed E-state index contributed by atoms with van der Waals surface area (Å²) in [5, 5.41) is 4.33. The number of halogens is 3. The van der Waals surface area contributed by atoms with Crippen molar-refractivity contribution in [1.29, 1.82) is 0 Å². The van der Waals surface area contributed by atoms with Gasteiger partial charge >= 0.3 is 6.18 Å². The maximum atomic E-state index is 12.2. The molecule has 1 aliphatic rings. The lowest BCUT2D eigenvalue weighted by Crippen LogP contribution is -2.33. The summed E-state index contributed by atoms with van der Waals surface area (Å²) in [7, 11) is 1.49. The molecule has 0 aliphatic carbocycles. The van der Waals surface area contributed by atoms with Crippen LogP contribution in [0.4, 0.5) is 18.9 Å². The highest BCUT2D eigenvalue weighted by Gasteiger charge is 2.28. The van der Waals surface area contributed by atoms with Crippen molar-refractivity contribution in [1.82, 2.24) is 5.32 Å². The molecule has 1 heterocycles. The molecule has 0 fully saturated rings. The zero-order chi connectivity index (χ0) is 22.4. The summed E-state index contributed by atoms with van der Waals surface area (Å²) in [5.74, 6) is 0.0723. The smallest absolute Gasteiger partial charge is 0.405 e. The van der Waals surface area contributed by atoms with E-state index in [-0.39, 0.29) is 11.3 Å². The first-order valence-corrected chi connectivity index (χ1v) is 9.17. The van der Waals surface area contributed by atoms with Crippen molar-refractivity contribution in [2.24, 2.45) is 0 Å².